The summed E-state index contributed by atoms with van der Waals surface area (Å²) in [7, 11) is 0. The largest absolute Gasteiger partial charge is 0.491 e. The van der Waals surface area contributed by atoms with Crippen molar-refractivity contribution in [3.05, 3.63) is 35.5 Å². The van der Waals surface area contributed by atoms with Crippen molar-refractivity contribution in [3.8, 4) is 5.75 Å². The third-order valence-corrected chi connectivity index (χ3v) is 5.77. The SMILES string of the molecule is CCN1CCN(C2=C(c3ccc(OC(C)C)cc3)C(=O)N(CCCOC(C)C)C2=O)CC1. The number of likely N-dealkylation sites (N-methyl/N-ethyl adjacent to an activating group) is 1. The van der Waals surface area contributed by atoms with Gasteiger partial charge in [-0.3, -0.25) is 14.5 Å². The molecule has 2 amide bonds. The first kappa shape index (κ1) is 24.3. The minimum atomic E-state index is -0.218. The van der Waals surface area contributed by atoms with E-state index in [0.717, 1.165) is 44.0 Å². The van der Waals surface area contributed by atoms with Crippen LogP contribution in [0.2, 0.25) is 0 Å². The molecule has 1 aromatic rings. The molecule has 0 aliphatic carbocycles. The molecule has 1 fully saturated rings. The highest BCUT2D eigenvalue weighted by atomic mass is 16.5. The van der Waals surface area contributed by atoms with Crippen LogP contribution in [-0.4, -0.2) is 84.6 Å². The van der Waals surface area contributed by atoms with Crippen molar-refractivity contribution in [1.29, 1.82) is 0 Å². The van der Waals surface area contributed by atoms with Gasteiger partial charge >= 0.3 is 0 Å². The van der Waals surface area contributed by atoms with Crippen LogP contribution in [0.3, 0.4) is 0 Å². The van der Waals surface area contributed by atoms with Crippen LogP contribution in [-0.2, 0) is 14.3 Å². The van der Waals surface area contributed by atoms with E-state index in [1.807, 2.05) is 52.0 Å². The summed E-state index contributed by atoms with van der Waals surface area (Å²) >= 11 is 0. The number of rotatable bonds is 10. The molecular formula is C25H37N3O4. The summed E-state index contributed by atoms with van der Waals surface area (Å²) in [5.74, 6) is 0.342. The smallest absolute Gasteiger partial charge is 0.277 e. The molecule has 0 aromatic heterocycles. The molecule has 7 nitrogen and oxygen atoms in total. The van der Waals surface area contributed by atoms with Crippen LogP contribution in [0.15, 0.2) is 30.0 Å². The van der Waals surface area contributed by atoms with Gasteiger partial charge in [0.2, 0.25) is 0 Å². The Balaban J connectivity index is 1.85. The number of imide groups is 1. The summed E-state index contributed by atoms with van der Waals surface area (Å²) < 4.78 is 11.3. The zero-order chi connectivity index (χ0) is 23.3. The quantitative estimate of drug-likeness (QED) is 0.409. The predicted molar refractivity (Wildman–Crippen MR) is 125 cm³/mol. The number of benzene rings is 1. The van der Waals surface area contributed by atoms with Crippen LogP contribution in [0, 0.1) is 0 Å². The normalized spacial score (nSPS) is 18.0. The highest BCUT2D eigenvalue weighted by Crippen LogP contribution is 2.33. The third-order valence-electron chi connectivity index (χ3n) is 5.77. The third kappa shape index (κ3) is 5.70. The van der Waals surface area contributed by atoms with Gasteiger partial charge in [-0.15, -0.1) is 0 Å². The molecular weight excluding hydrogens is 406 g/mol. The van der Waals surface area contributed by atoms with Gasteiger partial charge in [-0.1, -0.05) is 19.1 Å². The lowest BCUT2D eigenvalue weighted by molar-refractivity contribution is -0.137. The van der Waals surface area contributed by atoms with Crippen molar-refractivity contribution in [1.82, 2.24) is 14.7 Å². The standard InChI is InChI=1S/C25H37N3O4/c1-6-26-13-15-27(16-14-26)23-22(20-8-10-21(11-9-20)32-19(4)5)24(29)28(25(23)30)12-7-17-31-18(2)3/h8-11,18-19H,6-7,12-17H2,1-5H3. The highest BCUT2D eigenvalue weighted by Gasteiger charge is 2.41. The number of nitrogens with zero attached hydrogens (tertiary/aromatic N) is 3. The van der Waals surface area contributed by atoms with Gasteiger partial charge in [0.25, 0.3) is 11.8 Å². The summed E-state index contributed by atoms with van der Waals surface area (Å²) in [4.78, 5) is 32.7. The molecule has 32 heavy (non-hydrogen) atoms. The highest BCUT2D eigenvalue weighted by molar-refractivity contribution is 6.35. The fourth-order valence-corrected chi connectivity index (χ4v) is 4.12. The Kier molecular flexibility index (Phi) is 8.32. The van der Waals surface area contributed by atoms with E-state index in [9.17, 15) is 9.59 Å². The van der Waals surface area contributed by atoms with Gasteiger partial charge < -0.3 is 19.3 Å². The van der Waals surface area contributed by atoms with E-state index in [0.29, 0.717) is 30.8 Å². The molecule has 1 saturated heterocycles. The van der Waals surface area contributed by atoms with Crippen LogP contribution in [0.1, 0.15) is 46.6 Å². The summed E-state index contributed by atoms with van der Waals surface area (Å²) in [5, 5.41) is 0. The number of carbonyl (C=O) groups is 2. The van der Waals surface area contributed by atoms with Gasteiger partial charge in [0.05, 0.1) is 17.8 Å². The summed E-state index contributed by atoms with van der Waals surface area (Å²) in [6.07, 6.45) is 0.829. The fourth-order valence-electron chi connectivity index (χ4n) is 4.12. The van der Waals surface area contributed by atoms with Crippen molar-refractivity contribution in [3.63, 3.8) is 0 Å². The van der Waals surface area contributed by atoms with Gasteiger partial charge in [0.15, 0.2) is 0 Å². The molecule has 3 rings (SSSR count). The molecule has 2 aliphatic rings. The zero-order valence-corrected chi connectivity index (χ0v) is 20.1. The van der Waals surface area contributed by atoms with E-state index < -0.39 is 0 Å². The second-order valence-electron chi connectivity index (χ2n) is 8.87. The molecule has 0 atom stereocenters. The Bertz CT molecular complexity index is 824. The number of hydrogen-bond acceptors (Lipinski definition) is 6. The van der Waals surface area contributed by atoms with Crippen LogP contribution < -0.4 is 4.74 Å². The van der Waals surface area contributed by atoms with E-state index in [1.54, 1.807) is 0 Å². The Labute approximate surface area is 191 Å². The molecule has 2 aliphatic heterocycles. The lowest BCUT2D eigenvalue weighted by Crippen LogP contribution is -2.47. The zero-order valence-electron chi connectivity index (χ0n) is 20.1. The molecule has 2 heterocycles. The van der Waals surface area contributed by atoms with Crippen LogP contribution in [0.5, 0.6) is 5.75 Å². The molecule has 7 heteroatoms. The van der Waals surface area contributed by atoms with E-state index in [2.05, 4.69) is 16.7 Å². The first-order chi connectivity index (χ1) is 15.3. The molecule has 0 N–H and O–H groups in total. The minimum absolute atomic E-state index is 0.0729. The van der Waals surface area contributed by atoms with Gasteiger partial charge in [-0.25, -0.2) is 0 Å². The topological polar surface area (TPSA) is 62.3 Å². The maximum atomic E-state index is 13.4. The van der Waals surface area contributed by atoms with Crippen LogP contribution >= 0.6 is 0 Å². The number of ether oxygens (including phenoxy) is 2. The molecule has 1 aromatic carbocycles. The summed E-state index contributed by atoms with van der Waals surface area (Å²) in [6.45, 7) is 15.2. The van der Waals surface area contributed by atoms with Gasteiger partial charge in [0.1, 0.15) is 11.4 Å². The molecule has 0 bridgehead atoms. The molecule has 0 saturated carbocycles. The molecule has 0 spiro atoms. The summed E-state index contributed by atoms with van der Waals surface area (Å²) in [6, 6.07) is 7.50. The molecule has 0 unspecified atom stereocenters. The van der Waals surface area contributed by atoms with E-state index in [4.69, 9.17) is 9.47 Å². The second kappa shape index (κ2) is 11.0. The van der Waals surface area contributed by atoms with Crippen molar-refractivity contribution in [2.45, 2.75) is 53.2 Å². The minimum Gasteiger partial charge on any atom is -0.491 e. The Morgan fingerprint density at radius 1 is 0.906 bits per heavy atom. The van der Waals surface area contributed by atoms with Crippen molar-refractivity contribution >= 4 is 17.4 Å². The van der Waals surface area contributed by atoms with E-state index in [-0.39, 0.29) is 24.0 Å². The van der Waals surface area contributed by atoms with E-state index in [1.165, 1.54) is 4.90 Å². The van der Waals surface area contributed by atoms with E-state index >= 15 is 0 Å². The lowest BCUT2D eigenvalue weighted by atomic mass is 10.0. The number of amides is 2. The number of hydrogen-bond donors (Lipinski definition) is 0. The number of piperazine rings is 1. The van der Waals surface area contributed by atoms with Crippen molar-refractivity contribution in [2.75, 3.05) is 45.9 Å². The first-order valence-electron chi connectivity index (χ1n) is 11.8. The Hall–Kier alpha value is -2.38. The summed E-state index contributed by atoms with van der Waals surface area (Å²) in [5.41, 5.74) is 1.79. The van der Waals surface area contributed by atoms with Crippen LogP contribution in [0.4, 0.5) is 0 Å². The Morgan fingerprint density at radius 2 is 1.56 bits per heavy atom. The average Bonchev–Trinajstić information content (AvgIpc) is 3.01. The fraction of sp³-hybridized carbons (Fsp3) is 0.600. The monoisotopic (exact) mass is 443 g/mol. The second-order valence-corrected chi connectivity index (χ2v) is 8.87. The Morgan fingerprint density at radius 3 is 2.12 bits per heavy atom. The predicted octanol–water partition coefficient (Wildman–Crippen LogP) is 3.01. The lowest BCUT2D eigenvalue weighted by Gasteiger charge is -2.36. The maximum Gasteiger partial charge on any atom is 0.277 e. The van der Waals surface area contributed by atoms with Crippen molar-refractivity contribution < 1.29 is 19.1 Å². The van der Waals surface area contributed by atoms with Gasteiger partial charge in [-0.05, 0) is 58.4 Å². The molecule has 0 radical (unpaired) electrons. The van der Waals surface area contributed by atoms with Crippen molar-refractivity contribution in [2.24, 2.45) is 0 Å². The van der Waals surface area contributed by atoms with Gasteiger partial charge in [0, 0.05) is 39.3 Å². The maximum absolute atomic E-state index is 13.4. The average molecular weight is 444 g/mol. The van der Waals surface area contributed by atoms with Crippen LogP contribution in [0.25, 0.3) is 5.57 Å². The molecule has 176 valence electrons. The van der Waals surface area contributed by atoms with Gasteiger partial charge in [-0.2, -0.15) is 0 Å². The first-order valence-corrected chi connectivity index (χ1v) is 11.8. The number of carbonyl (C=O) groups excluding carboxylic acids is 2.